The summed E-state index contributed by atoms with van der Waals surface area (Å²) in [6, 6.07) is 10.6. The third-order valence-corrected chi connectivity index (χ3v) is 4.56. The van der Waals surface area contributed by atoms with E-state index in [2.05, 4.69) is 9.97 Å². The second-order valence-electron chi connectivity index (χ2n) is 6.44. The molecule has 1 heterocycles. The van der Waals surface area contributed by atoms with Crippen molar-refractivity contribution < 1.29 is 57.7 Å². The van der Waals surface area contributed by atoms with Crippen molar-refractivity contribution >= 4 is 17.6 Å². The van der Waals surface area contributed by atoms with E-state index in [1.807, 2.05) is 0 Å². The quantitative estimate of drug-likeness (QED) is 0.520. The fraction of sp³-hybridized carbons (Fsp3) is 0.150. The van der Waals surface area contributed by atoms with E-state index < -0.39 is 23.2 Å². The number of aromatic nitrogens is 2. The molecule has 0 saturated heterocycles. The minimum Gasteiger partial charge on any atom is -0.546 e. The summed E-state index contributed by atoms with van der Waals surface area (Å²) in [4.78, 5) is 19.7. The number of nitrogens with zero attached hydrogens (tertiary/aromatic N) is 2. The second-order valence-corrected chi connectivity index (χ2v) is 6.85. The Morgan fingerprint density at radius 1 is 1.07 bits per heavy atom. The number of benzene rings is 2. The Bertz CT molecular complexity index is 1110. The Morgan fingerprint density at radius 2 is 1.80 bits per heavy atom. The van der Waals surface area contributed by atoms with Crippen molar-refractivity contribution in [2.24, 2.45) is 0 Å². The number of carbonyl (C=O) groups is 1. The average Bonchev–Trinajstić information content (AvgIpc) is 3.45. The summed E-state index contributed by atoms with van der Waals surface area (Å²) in [5, 5.41) is 11.2. The van der Waals surface area contributed by atoms with Gasteiger partial charge in [0.15, 0.2) is 11.4 Å². The Labute approximate surface area is 197 Å². The van der Waals surface area contributed by atoms with Gasteiger partial charge in [0, 0.05) is 11.6 Å². The minimum atomic E-state index is -1.47. The van der Waals surface area contributed by atoms with Crippen LogP contribution in [0.2, 0.25) is 5.02 Å². The van der Waals surface area contributed by atoms with Gasteiger partial charge < -0.3 is 19.4 Å². The third kappa shape index (κ3) is 4.89. The summed E-state index contributed by atoms with van der Waals surface area (Å²) in [5.41, 5.74) is -1.20. The Kier molecular flexibility index (Phi) is 6.62. The third-order valence-electron chi connectivity index (χ3n) is 4.25. The van der Waals surface area contributed by atoms with E-state index in [1.54, 1.807) is 0 Å². The summed E-state index contributed by atoms with van der Waals surface area (Å²) >= 11 is 5.71. The molecule has 0 unspecified atom stereocenters. The monoisotopic (exact) mass is 440 g/mol. The SMILES string of the molecule is O=C([O-])C1(Oc2cc(Oc3cccc(F)c3)nc(-c3ccc(Cl)c(F)c3)n2)CC1.[Na+]. The molecule has 4 rings (SSSR count). The first kappa shape index (κ1) is 22.4. The van der Waals surface area contributed by atoms with Crippen LogP contribution in [0.25, 0.3) is 11.4 Å². The molecule has 0 atom stereocenters. The minimum absolute atomic E-state index is 0. The molecule has 0 spiro atoms. The van der Waals surface area contributed by atoms with E-state index >= 15 is 0 Å². The van der Waals surface area contributed by atoms with Crippen molar-refractivity contribution in [2.75, 3.05) is 0 Å². The number of carboxylic acid groups (broad SMARTS) is 1. The van der Waals surface area contributed by atoms with Gasteiger partial charge in [0.1, 0.15) is 17.4 Å². The molecule has 1 aliphatic carbocycles. The van der Waals surface area contributed by atoms with Crippen molar-refractivity contribution in [2.45, 2.75) is 18.4 Å². The van der Waals surface area contributed by atoms with Crippen LogP contribution in [0.1, 0.15) is 12.8 Å². The van der Waals surface area contributed by atoms with Crippen LogP contribution in [0.4, 0.5) is 8.78 Å². The average molecular weight is 441 g/mol. The van der Waals surface area contributed by atoms with E-state index in [0.29, 0.717) is 0 Å². The number of carbonyl (C=O) groups excluding carboxylic acids is 1. The van der Waals surface area contributed by atoms with Gasteiger partial charge in [0.05, 0.1) is 17.1 Å². The van der Waals surface area contributed by atoms with E-state index in [-0.39, 0.29) is 76.3 Å². The summed E-state index contributed by atoms with van der Waals surface area (Å²) in [5.74, 6) is -2.52. The van der Waals surface area contributed by atoms with Gasteiger partial charge in [0.25, 0.3) is 0 Å². The maximum atomic E-state index is 13.9. The van der Waals surface area contributed by atoms with Gasteiger partial charge >= 0.3 is 29.6 Å². The van der Waals surface area contributed by atoms with Crippen molar-refractivity contribution in [1.29, 1.82) is 0 Å². The largest absolute Gasteiger partial charge is 1.00 e. The molecule has 1 aromatic heterocycles. The van der Waals surface area contributed by atoms with Gasteiger partial charge in [-0.1, -0.05) is 17.7 Å². The molecule has 1 saturated carbocycles. The molecule has 3 aromatic rings. The standard InChI is InChI=1S/C20H13ClF2N2O4.Na/c21-14-5-4-11(8-15(14)23)18-24-16(28-13-3-1-2-12(22)9-13)10-17(25-18)29-20(6-7-20)19(26)27;/h1-5,8-10H,6-7H2,(H,26,27);/q;+1/p-1. The normalized spacial score (nSPS) is 13.8. The molecule has 0 N–H and O–H groups in total. The van der Waals surface area contributed by atoms with Crippen LogP contribution in [-0.4, -0.2) is 21.5 Å². The molecule has 1 aliphatic rings. The number of aliphatic carboxylic acids is 1. The van der Waals surface area contributed by atoms with Gasteiger partial charge in [-0.2, -0.15) is 9.97 Å². The van der Waals surface area contributed by atoms with Gasteiger partial charge in [-0.05, 0) is 43.2 Å². The van der Waals surface area contributed by atoms with Crippen molar-refractivity contribution in [3.8, 4) is 28.9 Å². The van der Waals surface area contributed by atoms with Gasteiger partial charge in [0.2, 0.25) is 11.8 Å². The van der Waals surface area contributed by atoms with Crippen LogP contribution < -0.4 is 44.1 Å². The fourth-order valence-electron chi connectivity index (χ4n) is 2.59. The summed E-state index contributed by atoms with van der Waals surface area (Å²) in [6.07, 6.45) is 0.536. The maximum absolute atomic E-state index is 13.9. The van der Waals surface area contributed by atoms with E-state index in [0.717, 1.165) is 12.1 Å². The molecule has 0 aliphatic heterocycles. The predicted octanol–water partition coefficient (Wildman–Crippen LogP) is 0.533. The smallest absolute Gasteiger partial charge is 0.546 e. The molecule has 0 amide bonds. The van der Waals surface area contributed by atoms with Crippen LogP contribution in [-0.2, 0) is 4.79 Å². The first-order valence-corrected chi connectivity index (χ1v) is 8.91. The van der Waals surface area contributed by atoms with E-state index in [4.69, 9.17) is 21.1 Å². The summed E-state index contributed by atoms with van der Waals surface area (Å²) < 4.78 is 38.4. The Balaban J connectivity index is 0.00000256. The topological polar surface area (TPSA) is 84.4 Å². The Hall–Kier alpha value is -2.26. The number of hydrogen-bond acceptors (Lipinski definition) is 6. The summed E-state index contributed by atoms with van der Waals surface area (Å²) in [6.45, 7) is 0. The number of hydrogen-bond donors (Lipinski definition) is 0. The van der Waals surface area contributed by atoms with Crippen molar-refractivity contribution in [3.63, 3.8) is 0 Å². The zero-order valence-corrected chi connectivity index (χ0v) is 18.5. The van der Waals surface area contributed by atoms with E-state index in [1.165, 1.54) is 36.4 Å². The first-order chi connectivity index (χ1) is 13.8. The fourth-order valence-corrected chi connectivity index (χ4v) is 2.70. The van der Waals surface area contributed by atoms with Crippen LogP contribution in [0, 0.1) is 11.6 Å². The molecule has 6 nitrogen and oxygen atoms in total. The van der Waals surface area contributed by atoms with Crippen molar-refractivity contribution in [1.82, 2.24) is 9.97 Å². The van der Waals surface area contributed by atoms with Crippen LogP contribution in [0.15, 0.2) is 48.5 Å². The number of carboxylic acids is 1. The molecule has 30 heavy (non-hydrogen) atoms. The number of ether oxygens (including phenoxy) is 2. The zero-order chi connectivity index (χ0) is 20.6. The molecule has 2 aromatic carbocycles. The molecule has 0 bridgehead atoms. The molecule has 10 heteroatoms. The van der Waals surface area contributed by atoms with Crippen LogP contribution in [0.5, 0.6) is 17.5 Å². The molecule has 148 valence electrons. The maximum Gasteiger partial charge on any atom is 1.00 e. The number of rotatable bonds is 6. The second kappa shape index (κ2) is 8.85. The van der Waals surface area contributed by atoms with Gasteiger partial charge in [-0.3, -0.25) is 0 Å². The van der Waals surface area contributed by atoms with Gasteiger partial charge in [-0.25, -0.2) is 8.78 Å². The molecule has 1 fully saturated rings. The van der Waals surface area contributed by atoms with Gasteiger partial charge in [-0.15, -0.1) is 0 Å². The zero-order valence-electron chi connectivity index (χ0n) is 15.7. The molecular weight excluding hydrogens is 429 g/mol. The molecular formula is C20H12ClF2N2NaO4. The molecule has 0 radical (unpaired) electrons. The van der Waals surface area contributed by atoms with Crippen molar-refractivity contribution in [3.05, 3.63) is 65.2 Å². The van der Waals surface area contributed by atoms with Crippen LogP contribution >= 0.6 is 11.6 Å². The summed E-state index contributed by atoms with van der Waals surface area (Å²) in [7, 11) is 0. The van der Waals surface area contributed by atoms with Crippen LogP contribution in [0.3, 0.4) is 0 Å². The number of halogens is 3. The predicted molar refractivity (Wildman–Crippen MR) is 96.5 cm³/mol. The van der Waals surface area contributed by atoms with E-state index in [9.17, 15) is 18.7 Å². The first-order valence-electron chi connectivity index (χ1n) is 8.53. The Morgan fingerprint density at radius 3 is 2.43 bits per heavy atom.